The van der Waals surface area contributed by atoms with Crippen LogP contribution in [0.2, 0.25) is 0 Å². The molecular weight excluding hydrogens is 781 g/mol. The van der Waals surface area contributed by atoms with Gasteiger partial charge in [0.25, 0.3) is 0 Å². The lowest BCUT2D eigenvalue weighted by atomic mass is 9.70. The van der Waals surface area contributed by atoms with Crippen LogP contribution in [0.25, 0.3) is 87.8 Å². The first-order valence-electron chi connectivity index (χ1n) is 23.2. The van der Waals surface area contributed by atoms with E-state index in [2.05, 4.69) is 209 Å². The number of nitrogens with zero attached hydrogens (tertiary/aromatic N) is 2. The second-order valence-corrected chi connectivity index (χ2v) is 21.9. The summed E-state index contributed by atoms with van der Waals surface area (Å²) in [5, 5.41) is 5.32. The molecule has 0 amide bonds. The van der Waals surface area contributed by atoms with E-state index in [-0.39, 0.29) is 5.41 Å². The van der Waals surface area contributed by atoms with Crippen LogP contribution in [-0.2, 0) is 12.8 Å². The largest absolute Gasteiger partial charge is 0.313 e. The van der Waals surface area contributed by atoms with Crippen LogP contribution in [-0.4, -0.2) is 9.13 Å². The molecule has 0 fully saturated rings. The van der Waals surface area contributed by atoms with Crippen molar-refractivity contribution in [3.05, 3.63) is 168 Å². The molecule has 3 heterocycles. The summed E-state index contributed by atoms with van der Waals surface area (Å²) in [6.45, 7) is 16.8. The van der Waals surface area contributed by atoms with E-state index in [1.807, 2.05) is 11.3 Å². The van der Waals surface area contributed by atoms with Gasteiger partial charge in [-0.25, -0.2) is 0 Å². The van der Waals surface area contributed by atoms with Gasteiger partial charge in [-0.15, -0.1) is 11.3 Å². The van der Waals surface area contributed by atoms with Gasteiger partial charge in [0, 0.05) is 70.8 Å². The Morgan fingerprint density at radius 2 is 1.22 bits per heavy atom. The number of para-hydroxylation sites is 1. The summed E-state index contributed by atoms with van der Waals surface area (Å²) in [7, 11) is 0. The molecule has 2 nitrogen and oxygen atoms in total. The molecule has 2 atom stereocenters. The maximum Gasteiger partial charge on any atom is 0.0538 e. The zero-order valence-electron chi connectivity index (χ0n) is 37.9. The number of benzene rings is 6. The predicted octanol–water partition coefficient (Wildman–Crippen LogP) is 17.4. The molecule has 63 heavy (non-hydrogen) atoms. The monoisotopic (exact) mass is 838 g/mol. The van der Waals surface area contributed by atoms with Gasteiger partial charge in [0.1, 0.15) is 0 Å². The molecule has 6 aromatic carbocycles. The number of thiophene rings is 1. The molecule has 3 heteroatoms. The fourth-order valence-corrected chi connectivity index (χ4v) is 12.0. The summed E-state index contributed by atoms with van der Waals surface area (Å²) in [5.41, 5.74) is 17.7. The first-order valence-corrected chi connectivity index (χ1v) is 24.0. The lowest BCUT2D eigenvalue weighted by molar-refractivity contribution is 0.164. The second kappa shape index (κ2) is 15.1. The second-order valence-electron chi connectivity index (χ2n) is 20.8. The van der Waals surface area contributed by atoms with Gasteiger partial charge in [-0.05, 0) is 143 Å². The van der Waals surface area contributed by atoms with Crippen molar-refractivity contribution in [1.82, 2.24) is 9.13 Å². The van der Waals surface area contributed by atoms with Crippen LogP contribution < -0.4 is 0 Å². The summed E-state index contributed by atoms with van der Waals surface area (Å²) in [4.78, 5) is 0. The summed E-state index contributed by atoms with van der Waals surface area (Å²) < 4.78 is 7.73. The van der Waals surface area contributed by atoms with E-state index in [1.54, 1.807) is 0 Å². The molecule has 0 spiro atoms. The van der Waals surface area contributed by atoms with Crippen molar-refractivity contribution in [3.8, 4) is 33.6 Å². The van der Waals surface area contributed by atoms with Crippen LogP contribution >= 0.6 is 11.3 Å². The van der Waals surface area contributed by atoms with Gasteiger partial charge >= 0.3 is 0 Å². The van der Waals surface area contributed by atoms with Crippen molar-refractivity contribution in [1.29, 1.82) is 0 Å². The molecular formula is C60H58N2S. The molecule has 2 aliphatic carbocycles. The Bertz CT molecular complexity index is 3310. The number of hydrogen-bond acceptors (Lipinski definition) is 1. The minimum atomic E-state index is 0.242. The SMILES string of the molecule is CC1CC=Cc2c1n(-c1cccc(-c3ccc4sc5ccc(-c6ccc7c(c6)c6c(n7-c7cccc(CC(CC(C)(C)C)C(C)(C)C)c7)CCC=C6)cc5c4c3)c1)c1ccccc21. The summed E-state index contributed by atoms with van der Waals surface area (Å²) in [5.74, 6) is 1.06. The van der Waals surface area contributed by atoms with Gasteiger partial charge in [0.2, 0.25) is 0 Å². The molecule has 2 unspecified atom stereocenters. The molecule has 0 saturated heterocycles. The fourth-order valence-electron chi connectivity index (χ4n) is 10.9. The van der Waals surface area contributed by atoms with E-state index < -0.39 is 0 Å². The summed E-state index contributed by atoms with van der Waals surface area (Å²) in [6.07, 6.45) is 14.9. The van der Waals surface area contributed by atoms with Crippen molar-refractivity contribution in [2.24, 2.45) is 16.7 Å². The summed E-state index contributed by atoms with van der Waals surface area (Å²) in [6, 6.07) is 48.8. The minimum absolute atomic E-state index is 0.242. The predicted molar refractivity (Wildman–Crippen MR) is 274 cm³/mol. The third-order valence-electron chi connectivity index (χ3n) is 14.1. The molecule has 0 aliphatic heterocycles. The van der Waals surface area contributed by atoms with Crippen LogP contribution in [0.5, 0.6) is 0 Å². The maximum atomic E-state index is 2.56. The van der Waals surface area contributed by atoms with E-state index in [4.69, 9.17) is 0 Å². The zero-order valence-corrected chi connectivity index (χ0v) is 38.7. The Morgan fingerprint density at radius 3 is 1.95 bits per heavy atom. The van der Waals surface area contributed by atoms with E-state index in [0.29, 0.717) is 17.3 Å². The first-order chi connectivity index (χ1) is 30.4. The molecule has 0 saturated carbocycles. The lowest BCUT2D eigenvalue weighted by Gasteiger charge is -2.36. The Kier molecular flexibility index (Phi) is 9.59. The Hall–Kier alpha value is -5.90. The van der Waals surface area contributed by atoms with Gasteiger partial charge in [-0.3, -0.25) is 0 Å². The number of hydrogen-bond donors (Lipinski definition) is 0. The molecule has 0 bridgehead atoms. The highest BCUT2D eigenvalue weighted by atomic mass is 32.1. The Morgan fingerprint density at radius 1 is 0.587 bits per heavy atom. The minimum Gasteiger partial charge on any atom is -0.313 e. The van der Waals surface area contributed by atoms with Crippen LogP contribution in [0.4, 0.5) is 0 Å². The smallest absolute Gasteiger partial charge is 0.0538 e. The molecule has 2 aliphatic rings. The highest BCUT2D eigenvalue weighted by Gasteiger charge is 2.30. The van der Waals surface area contributed by atoms with Crippen molar-refractivity contribution in [3.63, 3.8) is 0 Å². The van der Waals surface area contributed by atoms with Crippen LogP contribution in [0, 0.1) is 16.7 Å². The van der Waals surface area contributed by atoms with E-state index in [1.165, 1.54) is 110 Å². The number of aromatic nitrogens is 2. The fraction of sp³-hybridized carbons (Fsp3) is 0.267. The topological polar surface area (TPSA) is 9.86 Å². The standard InChI is InChI=1S/C60H58N2S/c1-38-15-12-22-49-47-20-8-11-24-54(47)62(58(38)49)46-19-14-17-40(33-46)42-26-29-56-51(35-42)52-36-43(27-30-57(52)63-56)41-25-28-55-50(34-41)48-21-9-10-23-53(48)61(55)45-18-13-16-39(32-45)31-44(60(5,6)7)37-59(2,3)4/h8-9,11-14,16-22,24-30,32-36,38,44H,10,15,23,31,37H2,1-7H3. The lowest BCUT2D eigenvalue weighted by Crippen LogP contribution is -2.27. The third-order valence-corrected chi connectivity index (χ3v) is 15.3. The molecule has 314 valence electrons. The van der Waals surface area contributed by atoms with Crippen LogP contribution in [0.3, 0.4) is 0 Å². The molecule has 0 N–H and O–H groups in total. The first kappa shape index (κ1) is 39.9. The van der Waals surface area contributed by atoms with Crippen LogP contribution in [0.1, 0.15) is 102 Å². The van der Waals surface area contributed by atoms with E-state index >= 15 is 0 Å². The Balaban J connectivity index is 0.962. The van der Waals surface area contributed by atoms with Crippen LogP contribution in [0.15, 0.2) is 140 Å². The maximum absolute atomic E-state index is 2.56. The average Bonchev–Trinajstić information content (AvgIpc) is 3.93. The quantitative estimate of drug-likeness (QED) is 0.151. The number of allylic oxidation sites excluding steroid dienone is 2. The summed E-state index contributed by atoms with van der Waals surface area (Å²) >= 11 is 1.90. The Labute approximate surface area is 377 Å². The normalized spacial score (nSPS) is 15.8. The van der Waals surface area contributed by atoms with Gasteiger partial charge in [0.05, 0.1) is 11.0 Å². The number of rotatable bonds is 7. The van der Waals surface area contributed by atoms with Gasteiger partial charge in [-0.2, -0.15) is 0 Å². The van der Waals surface area contributed by atoms with Crippen molar-refractivity contribution in [2.45, 2.75) is 86.5 Å². The molecule has 0 radical (unpaired) electrons. The molecule has 3 aromatic heterocycles. The highest BCUT2D eigenvalue weighted by molar-refractivity contribution is 7.25. The third kappa shape index (κ3) is 7.10. The van der Waals surface area contributed by atoms with Gasteiger partial charge < -0.3 is 9.13 Å². The van der Waals surface area contributed by atoms with Crippen molar-refractivity contribution < 1.29 is 0 Å². The zero-order chi connectivity index (χ0) is 43.2. The van der Waals surface area contributed by atoms with E-state index in [9.17, 15) is 0 Å². The highest BCUT2D eigenvalue weighted by Crippen LogP contribution is 2.44. The molecule has 9 aromatic rings. The van der Waals surface area contributed by atoms with Crippen molar-refractivity contribution >= 4 is 65.5 Å². The van der Waals surface area contributed by atoms with E-state index in [0.717, 1.165) is 25.7 Å². The average molecular weight is 839 g/mol. The van der Waals surface area contributed by atoms with Gasteiger partial charge in [-0.1, -0.05) is 133 Å². The number of fused-ring (bicyclic) bond motifs is 9. The molecule has 11 rings (SSSR count). The van der Waals surface area contributed by atoms with Gasteiger partial charge in [0.15, 0.2) is 0 Å². The van der Waals surface area contributed by atoms with Crippen molar-refractivity contribution in [2.75, 3.05) is 0 Å².